The highest BCUT2D eigenvalue weighted by atomic mass is 35.5. The Morgan fingerprint density at radius 2 is 1.72 bits per heavy atom. The summed E-state index contributed by atoms with van der Waals surface area (Å²) < 4.78 is 0. The number of benzene rings is 1. The van der Waals surface area contributed by atoms with Crippen LogP contribution in [0.25, 0.3) is 0 Å². The van der Waals surface area contributed by atoms with Gasteiger partial charge in [-0.2, -0.15) is 11.3 Å². The van der Waals surface area contributed by atoms with Crippen molar-refractivity contribution in [1.82, 2.24) is 10.6 Å². The van der Waals surface area contributed by atoms with Crippen molar-refractivity contribution in [2.75, 3.05) is 0 Å². The number of amides is 2. The Kier molecular flexibility index (Phi) is 4.61. The van der Waals surface area contributed by atoms with E-state index in [1.807, 2.05) is 41.1 Å². The topological polar surface area (TPSA) is 41.1 Å². The number of carbonyl (C=O) groups is 1. The fourth-order valence-electron chi connectivity index (χ4n) is 1.42. The van der Waals surface area contributed by atoms with Crippen molar-refractivity contribution in [3.63, 3.8) is 0 Å². The molecule has 0 spiro atoms. The van der Waals surface area contributed by atoms with E-state index in [9.17, 15) is 4.79 Å². The minimum absolute atomic E-state index is 0.170. The van der Waals surface area contributed by atoms with E-state index in [1.54, 1.807) is 11.3 Å². The van der Waals surface area contributed by atoms with Gasteiger partial charge < -0.3 is 10.6 Å². The van der Waals surface area contributed by atoms with Crippen LogP contribution < -0.4 is 10.6 Å². The molecule has 1 aromatic carbocycles. The Labute approximate surface area is 115 Å². The second kappa shape index (κ2) is 6.42. The maximum absolute atomic E-state index is 11.5. The zero-order valence-corrected chi connectivity index (χ0v) is 11.2. The Balaban J connectivity index is 1.73. The molecule has 0 aliphatic heterocycles. The Morgan fingerprint density at radius 3 is 2.33 bits per heavy atom. The number of hydrogen-bond donors (Lipinski definition) is 2. The van der Waals surface area contributed by atoms with Crippen LogP contribution in [0.15, 0.2) is 41.1 Å². The lowest BCUT2D eigenvalue weighted by Gasteiger charge is -2.07. The highest BCUT2D eigenvalue weighted by Crippen LogP contribution is 2.09. The van der Waals surface area contributed by atoms with Crippen LogP contribution in [0.3, 0.4) is 0 Å². The molecule has 1 aromatic heterocycles. The van der Waals surface area contributed by atoms with E-state index in [-0.39, 0.29) is 6.03 Å². The van der Waals surface area contributed by atoms with Gasteiger partial charge in [-0.3, -0.25) is 0 Å². The van der Waals surface area contributed by atoms with Crippen molar-refractivity contribution in [3.05, 3.63) is 57.2 Å². The van der Waals surface area contributed by atoms with Crippen LogP contribution in [0, 0.1) is 0 Å². The van der Waals surface area contributed by atoms with Gasteiger partial charge in [0, 0.05) is 18.1 Å². The van der Waals surface area contributed by atoms with Gasteiger partial charge in [-0.05, 0) is 40.1 Å². The van der Waals surface area contributed by atoms with Gasteiger partial charge in [-0.1, -0.05) is 23.7 Å². The van der Waals surface area contributed by atoms with Crippen LogP contribution in [-0.2, 0) is 13.1 Å². The van der Waals surface area contributed by atoms with Crippen molar-refractivity contribution >= 4 is 29.0 Å². The van der Waals surface area contributed by atoms with Gasteiger partial charge in [0.05, 0.1) is 0 Å². The third-order valence-corrected chi connectivity index (χ3v) is 3.38. The number of hydrogen-bond acceptors (Lipinski definition) is 2. The van der Waals surface area contributed by atoms with Crippen LogP contribution in [0.1, 0.15) is 11.1 Å². The van der Waals surface area contributed by atoms with E-state index in [2.05, 4.69) is 10.6 Å². The van der Waals surface area contributed by atoms with Crippen LogP contribution in [0.2, 0.25) is 5.02 Å². The number of nitrogens with one attached hydrogen (secondary N) is 2. The summed E-state index contributed by atoms with van der Waals surface area (Å²) in [5.74, 6) is 0. The molecule has 94 valence electrons. The Hall–Kier alpha value is -1.52. The van der Waals surface area contributed by atoms with E-state index < -0.39 is 0 Å². The Bertz CT molecular complexity index is 496. The van der Waals surface area contributed by atoms with E-state index in [0.29, 0.717) is 18.1 Å². The summed E-state index contributed by atoms with van der Waals surface area (Å²) in [4.78, 5) is 11.5. The fraction of sp³-hybridized carbons (Fsp3) is 0.154. The largest absolute Gasteiger partial charge is 0.334 e. The monoisotopic (exact) mass is 280 g/mol. The van der Waals surface area contributed by atoms with Crippen molar-refractivity contribution in [1.29, 1.82) is 0 Å². The SMILES string of the molecule is O=C(NCc1ccc(Cl)cc1)NCc1ccsc1. The van der Waals surface area contributed by atoms with Gasteiger partial charge in [0.25, 0.3) is 0 Å². The van der Waals surface area contributed by atoms with Gasteiger partial charge in [0.15, 0.2) is 0 Å². The second-order valence-corrected chi connectivity index (χ2v) is 5.01. The molecule has 2 amide bonds. The summed E-state index contributed by atoms with van der Waals surface area (Å²) in [6, 6.07) is 9.22. The summed E-state index contributed by atoms with van der Waals surface area (Å²) in [6.07, 6.45) is 0. The van der Waals surface area contributed by atoms with Crippen molar-refractivity contribution in [2.24, 2.45) is 0 Å². The Morgan fingerprint density at radius 1 is 1.06 bits per heavy atom. The van der Waals surface area contributed by atoms with Crippen LogP contribution in [0.4, 0.5) is 4.79 Å². The fourth-order valence-corrected chi connectivity index (χ4v) is 2.22. The number of urea groups is 1. The van der Waals surface area contributed by atoms with E-state index >= 15 is 0 Å². The summed E-state index contributed by atoms with van der Waals surface area (Å²) >= 11 is 7.40. The maximum Gasteiger partial charge on any atom is 0.315 e. The van der Waals surface area contributed by atoms with E-state index in [0.717, 1.165) is 11.1 Å². The highest BCUT2D eigenvalue weighted by Gasteiger charge is 2.00. The molecule has 0 atom stereocenters. The molecule has 0 bridgehead atoms. The van der Waals surface area contributed by atoms with Crippen molar-refractivity contribution in [3.8, 4) is 0 Å². The summed E-state index contributed by atoms with van der Waals surface area (Å²) in [5.41, 5.74) is 2.13. The lowest BCUT2D eigenvalue weighted by atomic mass is 10.2. The molecule has 0 saturated carbocycles. The first-order valence-corrected chi connectivity index (χ1v) is 6.83. The third-order valence-electron chi connectivity index (χ3n) is 2.40. The predicted octanol–water partition coefficient (Wildman–Crippen LogP) is 3.40. The third kappa shape index (κ3) is 4.05. The lowest BCUT2D eigenvalue weighted by Crippen LogP contribution is -2.34. The summed E-state index contributed by atoms with van der Waals surface area (Å²) in [5, 5.41) is 10.3. The van der Waals surface area contributed by atoms with E-state index in [4.69, 9.17) is 11.6 Å². The summed E-state index contributed by atoms with van der Waals surface area (Å²) in [7, 11) is 0. The highest BCUT2D eigenvalue weighted by molar-refractivity contribution is 7.07. The first-order valence-electron chi connectivity index (χ1n) is 5.51. The minimum Gasteiger partial charge on any atom is -0.334 e. The molecule has 2 N–H and O–H groups in total. The van der Waals surface area contributed by atoms with Gasteiger partial charge in [-0.25, -0.2) is 4.79 Å². The van der Waals surface area contributed by atoms with Crippen molar-refractivity contribution < 1.29 is 4.79 Å². The average Bonchev–Trinajstić information content (AvgIpc) is 2.89. The quantitative estimate of drug-likeness (QED) is 0.885. The second-order valence-electron chi connectivity index (χ2n) is 3.79. The molecule has 0 saturated heterocycles. The standard InChI is InChI=1S/C13H13ClN2OS/c14-12-3-1-10(2-4-12)7-15-13(17)16-8-11-5-6-18-9-11/h1-6,9H,7-8H2,(H2,15,16,17). The van der Waals surface area contributed by atoms with Crippen molar-refractivity contribution in [2.45, 2.75) is 13.1 Å². The lowest BCUT2D eigenvalue weighted by molar-refractivity contribution is 0.240. The van der Waals surface area contributed by atoms with Gasteiger partial charge in [0.2, 0.25) is 0 Å². The number of halogens is 1. The maximum atomic E-state index is 11.5. The van der Waals surface area contributed by atoms with Crippen LogP contribution in [0.5, 0.6) is 0 Å². The van der Waals surface area contributed by atoms with Gasteiger partial charge in [0.1, 0.15) is 0 Å². The first-order chi connectivity index (χ1) is 8.74. The molecule has 2 aromatic rings. The van der Waals surface area contributed by atoms with Crippen LogP contribution >= 0.6 is 22.9 Å². The van der Waals surface area contributed by atoms with E-state index in [1.165, 1.54) is 0 Å². The molecule has 3 nitrogen and oxygen atoms in total. The molecule has 0 aliphatic carbocycles. The molecule has 0 radical (unpaired) electrons. The zero-order valence-electron chi connectivity index (χ0n) is 9.65. The molecule has 2 rings (SSSR count). The number of carbonyl (C=O) groups excluding carboxylic acids is 1. The minimum atomic E-state index is -0.170. The van der Waals surface area contributed by atoms with Crippen LogP contribution in [-0.4, -0.2) is 6.03 Å². The summed E-state index contributed by atoms with van der Waals surface area (Å²) in [6.45, 7) is 1.04. The zero-order chi connectivity index (χ0) is 12.8. The smallest absolute Gasteiger partial charge is 0.315 e. The average molecular weight is 281 g/mol. The molecule has 0 aliphatic rings. The predicted molar refractivity (Wildman–Crippen MR) is 74.8 cm³/mol. The molecular weight excluding hydrogens is 268 g/mol. The van der Waals surface area contributed by atoms with Gasteiger partial charge >= 0.3 is 6.03 Å². The normalized spacial score (nSPS) is 10.1. The molecular formula is C13H13ClN2OS. The molecule has 18 heavy (non-hydrogen) atoms. The molecule has 1 heterocycles. The molecule has 0 fully saturated rings. The first kappa shape index (κ1) is 12.9. The molecule has 5 heteroatoms. The molecule has 0 unspecified atom stereocenters. The number of thiophene rings is 1. The number of rotatable bonds is 4. The van der Waals surface area contributed by atoms with Gasteiger partial charge in [-0.15, -0.1) is 0 Å².